The second-order valence-electron chi connectivity index (χ2n) is 4.28. The van der Waals surface area contributed by atoms with Crippen molar-refractivity contribution in [3.8, 4) is 11.5 Å². The zero-order valence-electron chi connectivity index (χ0n) is 9.98. The van der Waals surface area contributed by atoms with Gasteiger partial charge >= 0.3 is 0 Å². The van der Waals surface area contributed by atoms with Gasteiger partial charge in [-0.3, -0.25) is 0 Å². The van der Waals surface area contributed by atoms with E-state index in [1.54, 1.807) is 12.1 Å². The van der Waals surface area contributed by atoms with Crippen LogP contribution < -0.4 is 10.2 Å². The summed E-state index contributed by atoms with van der Waals surface area (Å²) in [7, 11) is 0. The summed E-state index contributed by atoms with van der Waals surface area (Å²) < 4.78 is 18.3. The maximum atomic E-state index is 12.7. The van der Waals surface area contributed by atoms with Gasteiger partial charge < -0.3 is 4.74 Å². The zero-order valence-corrected chi connectivity index (χ0v) is 9.98. The van der Waals surface area contributed by atoms with Gasteiger partial charge in [-0.25, -0.2) is 4.39 Å². The number of hydrogen-bond acceptors (Lipinski definition) is 1. The van der Waals surface area contributed by atoms with Crippen molar-refractivity contribution in [3.63, 3.8) is 0 Å². The van der Waals surface area contributed by atoms with Gasteiger partial charge in [-0.1, -0.05) is 31.2 Å². The highest BCUT2D eigenvalue weighted by Gasteiger charge is 2.03. The molecular formula is C14H14BFO. The molecule has 0 spiro atoms. The molecule has 17 heavy (non-hydrogen) atoms. The Hall–Kier alpha value is -1.77. The minimum absolute atomic E-state index is 0.257. The number of halogens is 1. The van der Waals surface area contributed by atoms with Crippen LogP contribution in [-0.2, 0) is 0 Å². The van der Waals surface area contributed by atoms with Crippen molar-refractivity contribution in [2.75, 3.05) is 0 Å². The first-order chi connectivity index (χ1) is 8.15. The Kier molecular flexibility index (Phi) is 3.47. The highest BCUT2D eigenvalue weighted by molar-refractivity contribution is 6.70. The molecule has 0 saturated heterocycles. The third kappa shape index (κ3) is 3.10. The average Bonchev–Trinajstić information content (AvgIpc) is 2.33. The topological polar surface area (TPSA) is 9.23 Å². The van der Waals surface area contributed by atoms with Gasteiger partial charge in [0.15, 0.2) is 6.71 Å². The molecule has 0 aliphatic heterocycles. The summed E-state index contributed by atoms with van der Waals surface area (Å²) in [6, 6.07) is 14.0. The van der Waals surface area contributed by atoms with Crippen LogP contribution in [0.15, 0.2) is 48.5 Å². The third-order valence-corrected chi connectivity index (χ3v) is 2.60. The van der Waals surface area contributed by atoms with Crippen LogP contribution in [0.1, 0.15) is 0 Å². The van der Waals surface area contributed by atoms with Crippen LogP contribution in [0.4, 0.5) is 4.39 Å². The summed E-state index contributed by atoms with van der Waals surface area (Å²) in [5, 5.41) is 0. The highest BCUT2D eigenvalue weighted by atomic mass is 19.1. The van der Waals surface area contributed by atoms with Gasteiger partial charge in [-0.2, -0.15) is 0 Å². The number of rotatable bonds is 3. The third-order valence-electron chi connectivity index (χ3n) is 2.60. The van der Waals surface area contributed by atoms with E-state index < -0.39 is 0 Å². The minimum atomic E-state index is -0.257. The van der Waals surface area contributed by atoms with Gasteiger partial charge in [0.2, 0.25) is 0 Å². The van der Waals surface area contributed by atoms with Gasteiger partial charge in [0.05, 0.1) is 0 Å². The van der Waals surface area contributed by atoms with E-state index in [-0.39, 0.29) is 5.82 Å². The first kappa shape index (κ1) is 11.7. The summed E-state index contributed by atoms with van der Waals surface area (Å²) in [5.74, 6) is 1.15. The molecule has 0 unspecified atom stereocenters. The predicted octanol–water partition coefficient (Wildman–Crippen LogP) is 3.58. The Bertz CT molecular complexity index is 477. The van der Waals surface area contributed by atoms with Crippen LogP contribution in [0.5, 0.6) is 11.5 Å². The lowest BCUT2D eigenvalue weighted by atomic mass is 9.49. The molecule has 0 N–H and O–H groups in total. The van der Waals surface area contributed by atoms with Gasteiger partial charge in [-0.05, 0) is 36.4 Å². The second-order valence-corrected chi connectivity index (χ2v) is 4.28. The Morgan fingerprint density at radius 1 is 0.824 bits per heavy atom. The molecule has 0 amide bonds. The molecule has 0 saturated carbocycles. The zero-order chi connectivity index (χ0) is 12.3. The molecule has 0 fully saturated rings. The van der Waals surface area contributed by atoms with Crippen LogP contribution in [-0.4, -0.2) is 6.71 Å². The molecule has 2 rings (SSSR count). The maximum absolute atomic E-state index is 12.7. The number of benzene rings is 2. The van der Waals surface area contributed by atoms with Crippen LogP contribution in [0, 0.1) is 5.82 Å². The first-order valence-corrected chi connectivity index (χ1v) is 5.68. The van der Waals surface area contributed by atoms with Crippen molar-refractivity contribution in [2.24, 2.45) is 0 Å². The van der Waals surface area contributed by atoms with Crippen molar-refractivity contribution in [1.82, 2.24) is 0 Å². The molecule has 1 nitrogen and oxygen atoms in total. The van der Waals surface area contributed by atoms with E-state index in [4.69, 9.17) is 4.74 Å². The standard InChI is InChI=1S/C14H14BFO/c1-15(2)11-3-7-13(8-4-11)17-14-9-5-12(16)6-10-14/h3-10H,1-2H3. The Morgan fingerprint density at radius 2 is 1.29 bits per heavy atom. The fraction of sp³-hybridized carbons (Fsp3) is 0.143. The van der Waals surface area contributed by atoms with Gasteiger partial charge in [-0.15, -0.1) is 0 Å². The second kappa shape index (κ2) is 5.04. The molecule has 0 aliphatic rings. The van der Waals surface area contributed by atoms with E-state index in [1.165, 1.54) is 17.6 Å². The summed E-state index contributed by atoms with van der Waals surface area (Å²) in [6.45, 7) is 4.81. The lowest BCUT2D eigenvalue weighted by Gasteiger charge is -2.07. The molecule has 0 atom stereocenters. The smallest absolute Gasteiger partial charge is 0.169 e. The van der Waals surface area contributed by atoms with Crippen molar-refractivity contribution < 1.29 is 9.13 Å². The van der Waals surface area contributed by atoms with E-state index in [0.717, 1.165) is 5.75 Å². The van der Waals surface area contributed by atoms with Gasteiger partial charge in [0.25, 0.3) is 0 Å². The molecule has 0 bridgehead atoms. The van der Waals surface area contributed by atoms with Gasteiger partial charge in [0, 0.05) is 0 Å². The molecule has 0 heterocycles. The van der Waals surface area contributed by atoms with Crippen molar-refractivity contribution in [1.29, 1.82) is 0 Å². The predicted molar refractivity (Wildman–Crippen MR) is 70.0 cm³/mol. The van der Waals surface area contributed by atoms with Crippen LogP contribution >= 0.6 is 0 Å². The lowest BCUT2D eigenvalue weighted by Crippen LogP contribution is -2.21. The first-order valence-electron chi connectivity index (χ1n) is 5.68. The Labute approximate surface area is 101 Å². The van der Waals surface area contributed by atoms with Gasteiger partial charge in [0.1, 0.15) is 17.3 Å². The number of hydrogen-bond donors (Lipinski definition) is 0. The van der Waals surface area contributed by atoms with Crippen molar-refractivity contribution in [3.05, 3.63) is 54.3 Å². The van der Waals surface area contributed by atoms with Crippen LogP contribution in [0.3, 0.4) is 0 Å². The van der Waals surface area contributed by atoms with Crippen LogP contribution in [0.2, 0.25) is 13.6 Å². The van der Waals surface area contributed by atoms with E-state index in [1.807, 2.05) is 24.3 Å². The number of ether oxygens (including phenoxy) is 1. The summed E-state index contributed by atoms with van der Waals surface area (Å²) in [6.07, 6.45) is 0. The summed E-state index contributed by atoms with van der Waals surface area (Å²) in [4.78, 5) is 0. The van der Waals surface area contributed by atoms with E-state index in [9.17, 15) is 4.39 Å². The minimum Gasteiger partial charge on any atom is -0.457 e. The molecule has 2 aromatic rings. The molecule has 0 radical (unpaired) electrons. The Morgan fingerprint density at radius 3 is 1.76 bits per heavy atom. The fourth-order valence-corrected chi connectivity index (χ4v) is 1.56. The van der Waals surface area contributed by atoms with E-state index in [2.05, 4.69) is 13.6 Å². The molecule has 3 heteroatoms. The van der Waals surface area contributed by atoms with E-state index in [0.29, 0.717) is 12.5 Å². The SMILES string of the molecule is CB(C)c1ccc(Oc2ccc(F)cc2)cc1. The van der Waals surface area contributed by atoms with Crippen molar-refractivity contribution in [2.45, 2.75) is 13.6 Å². The normalized spacial score (nSPS) is 10.1. The maximum Gasteiger partial charge on any atom is 0.169 e. The summed E-state index contributed by atoms with van der Waals surface area (Å²) in [5.41, 5.74) is 1.27. The largest absolute Gasteiger partial charge is 0.457 e. The van der Waals surface area contributed by atoms with E-state index >= 15 is 0 Å². The Balaban J connectivity index is 2.11. The fourth-order valence-electron chi connectivity index (χ4n) is 1.56. The summed E-state index contributed by atoms with van der Waals surface area (Å²) >= 11 is 0. The molecule has 86 valence electrons. The lowest BCUT2D eigenvalue weighted by molar-refractivity contribution is 0.480. The highest BCUT2D eigenvalue weighted by Crippen LogP contribution is 2.20. The average molecular weight is 228 g/mol. The quantitative estimate of drug-likeness (QED) is 0.729. The van der Waals surface area contributed by atoms with Crippen LogP contribution in [0.25, 0.3) is 0 Å². The molecule has 0 aromatic heterocycles. The monoisotopic (exact) mass is 228 g/mol. The molecule has 0 aliphatic carbocycles. The van der Waals surface area contributed by atoms with Crippen molar-refractivity contribution >= 4 is 12.2 Å². The molecule has 2 aromatic carbocycles. The molecular weight excluding hydrogens is 214 g/mol.